The van der Waals surface area contributed by atoms with Gasteiger partial charge in [0.1, 0.15) is 16.8 Å². The van der Waals surface area contributed by atoms with Gasteiger partial charge in [0.2, 0.25) is 0 Å². The van der Waals surface area contributed by atoms with Gasteiger partial charge in [-0.1, -0.05) is 6.07 Å². The van der Waals surface area contributed by atoms with E-state index in [1.807, 2.05) is 30.3 Å². The molecule has 1 heterocycles. The predicted molar refractivity (Wildman–Crippen MR) is 76.7 cm³/mol. The van der Waals surface area contributed by atoms with Crippen molar-refractivity contribution in [1.82, 2.24) is 9.97 Å². The quantitative estimate of drug-likeness (QED) is 0.685. The minimum absolute atomic E-state index is 0.585. The van der Waals surface area contributed by atoms with E-state index in [1.54, 1.807) is 21.3 Å². The fourth-order valence-electron chi connectivity index (χ4n) is 2.22. The maximum absolute atomic E-state index is 5.40. The Morgan fingerprint density at radius 3 is 2.10 bits per heavy atom. The van der Waals surface area contributed by atoms with E-state index in [9.17, 15) is 0 Å². The minimum Gasteiger partial charge on any atom is -0.494 e. The molecule has 0 saturated carbocycles. The fourth-order valence-corrected chi connectivity index (χ4v) is 2.22. The molecule has 0 saturated heterocycles. The van der Waals surface area contributed by atoms with Crippen molar-refractivity contribution in [2.75, 3.05) is 21.3 Å². The number of benzene rings is 2. The second-order valence-electron chi connectivity index (χ2n) is 4.22. The first-order valence-corrected chi connectivity index (χ1v) is 6.14. The Morgan fingerprint density at radius 2 is 1.40 bits per heavy atom. The van der Waals surface area contributed by atoms with E-state index in [-0.39, 0.29) is 0 Å². The smallest absolute Gasteiger partial charge is 0.188 e. The molecule has 5 heteroatoms. The first kappa shape index (κ1) is 12.5. The Labute approximate surface area is 116 Å². The fraction of sp³-hybridized carbons (Fsp3) is 0.200. The van der Waals surface area contributed by atoms with Gasteiger partial charge in [-0.25, -0.2) is 9.97 Å². The lowest BCUT2D eigenvalue weighted by Gasteiger charge is -2.11. The summed E-state index contributed by atoms with van der Waals surface area (Å²) < 4.78 is 16.0. The molecule has 0 N–H and O–H groups in total. The molecule has 0 atom stereocenters. The van der Waals surface area contributed by atoms with Crippen LogP contribution in [-0.4, -0.2) is 31.3 Å². The van der Waals surface area contributed by atoms with E-state index in [1.165, 1.54) is 0 Å². The number of aromatic nitrogens is 2. The van der Waals surface area contributed by atoms with Crippen LogP contribution in [-0.2, 0) is 0 Å². The van der Waals surface area contributed by atoms with Crippen LogP contribution in [0.4, 0.5) is 0 Å². The number of ether oxygens (including phenoxy) is 3. The molecule has 3 rings (SSSR count). The zero-order valence-electron chi connectivity index (χ0n) is 11.5. The van der Waals surface area contributed by atoms with Gasteiger partial charge in [0.05, 0.1) is 32.4 Å². The van der Waals surface area contributed by atoms with E-state index in [2.05, 4.69) is 9.97 Å². The molecule has 0 aliphatic heterocycles. The van der Waals surface area contributed by atoms with Gasteiger partial charge in [0, 0.05) is 0 Å². The lowest BCUT2D eigenvalue weighted by Crippen LogP contribution is -1.96. The number of hydrogen-bond acceptors (Lipinski definition) is 5. The molecule has 0 radical (unpaired) electrons. The molecule has 5 nitrogen and oxygen atoms in total. The summed E-state index contributed by atoms with van der Waals surface area (Å²) in [5.74, 6) is 1.92. The standard InChI is InChI=1S/C15H14N2O3/c1-18-11-6-4-5-9-13(11)16-10-7-8-12(19-2)15(20-3)14(10)17-9/h4-8H,1-3H3. The molecule has 3 aromatic rings. The molecule has 20 heavy (non-hydrogen) atoms. The summed E-state index contributed by atoms with van der Waals surface area (Å²) in [5, 5.41) is 0. The molecule has 0 fully saturated rings. The van der Waals surface area contributed by atoms with Gasteiger partial charge in [-0.15, -0.1) is 0 Å². The first-order chi connectivity index (χ1) is 9.78. The third-order valence-electron chi connectivity index (χ3n) is 3.16. The van der Waals surface area contributed by atoms with Crippen LogP contribution in [0, 0.1) is 0 Å². The zero-order valence-corrected chi connectivity index (χ0v) is 11.5. The topological polar surface area (TPSA) is 53.5 Å². The van der Waals surface area contributed by atoms with Crippen molar-refractivity contribution in [3.05, 3.63) is 30.3 Å². The summed E-state index contributed by atoms with van der Waals surface area (Å²) in [6.45, 7) is 0. The molecule has 0 spiro atoms. The highest BCUT2D eigenvalue weighted by atomic mass is 16.5. The second-order valence-corrected chi connectivity index (χ2v) is 4.22. The Balaban J connectivity index is 2.41. The van der Waals surface area contributed by atoms with Gasteiger partial charge in [0.15, 0.2) is 11.5 Å². The van der Waals surface area contributed by atoms with Crippen LogP contribution in [0.3, 0.4) is 0 Å². The van der Waals surface area contributed by atoms with Crippen molar-refractivity contribution >= 4 is 22.1 Å². The third-order valence-corrected chi connectivity index (χ3v) is 3.16. The molecule has 102 valence electrons. The Kier molecular flexibility index (Phi) is 3.02. The summed E-state index contributed by atoms with van der Waals surface area (Å²) >= 11 is 0. The van der Waals surface area contributed by atoms with Crippen molar-refractivity contribution in [3.63, 3.8) is 0 Å². The van der Waals surface area contributed by atoms with E-state index < -0.39 is 0 Å². The molecule has 0 aliphatic carbocycles. The molecule has 0 aliphatic rings. The van der Waals surface area contributed by atoms with Gasteiger partial charge < -0.3 is 14.2 Å². The second kappa shape index (κ2) is 4.85. The number of methoxy groups -OCH3 is 3. The number of para-hydroxylation sites is 1. The van der Waals surface area contributed by atoms with Crippen LogP contribution < -0.4 is 14.2 Å². The molecule has 2 aromatic carbocycles. The van der Waals surface area contributed by atoms with Crippen LogP contribution in [0.25, 0.3) is 22.1 Å². The summed E-state index contributed by atoms with van der Waals surface area (Å²) in [4.78, 5) is 9.23. The highest BCUT2D eigenvalue weighted by Gasteiger charge is 2.13. The van der Waals surface area contributed by atoms with Gasteiger partial charge >= 0.3 is 0 Å². The largest absolute Gasteiger partial charge is 0.494 e. The van der Waals surface area contributed by atoms with E-state index in [0.29, 0.717) is 22.8 Å². The zero-order chi connectivity index (χ0) is 14.1. The van der Waals surface area contributed by atoms with E-state index >= 15 is 0 Å². The van der Waals surface area contributed by atoms with Crippen molar-refractivity contribution in [2.24, 2.45) is 0 Å². The summed E-state index contributed by atoms with van der Waals surface area (Å²) in [5.41, 5.74) is 2.89. The van der Waals surface area contributed by atoms with Crippen LogP contribution >= 0.6 is 0 Å². The SMILES string of the molecule is COc1ccc2nc3c(OC)cccc3nc2c1OC. The van der Waals surface area contributed by atoms with Crippen LogP contribution in [0.1, 0.15) is 0 Å². The lowest BCUT2D eigenvalue weighted by molar-refractivity contribution is 0.358. The lowest BCUT2D eigenvalue weighted by atomic mass is 10.2. The highest BCUT2D eigenvalue weighted by molar-refractivity contribution is 5.93. The molecule has 0 unspecified atom stereocenters. The van der Waals surface area contributed by atoms with Gasteiger partial charge in [-0.05, 0) is 24.3 Å². The highest BCUT2D eigenvalue weighted by Crippen LogP contribution is 2.35. The number of hydrogen-bond donors (Lipinski definition) is 0. The van der Waals surface area contributed by atoms with Crippen LogP contribution in [0.5, 0.6) is 17.2 Å². The third kappa shape index (κ3) is 1.79. The Bertz CT molecular complexity index is 787. The van der Waals surface area contributed by atoms with Crippen LogP contribution in [0.15, 0.2) is 30.3 Å². The monoisotopic (exact) mass is 270 g/mol. The Morgan fingerprint density at radius 1 is 0.700 bits per heavy atom. The summed E-state index contributed by atoms with van der Waals surface area (Å²) in [6, 6.07) is 9.31. The number of rotatable bonds is 3. The summed E-state index contributed by atoms with van der Waals surface area (Å²) in [6.07, 6.45) is 0. The van der Waals surface area contributed by atoms with Gasteiger partial charge in [-0.2, -0.15) is 0 Å². The number of nitrogens with zero attached hydrogens (tertiary/aromatic N) is 2. The van der Waals surface area contributed by atoms with Crippen molar-refractivity contribution in [2.45, 2.75) is 0 Å². The predicted octanol–water partition coefficient (Wildman–Crippen LogP) is 2.81. The Hall–Kier alpha value is -2.56. The number of fused-ring (bicyclic) bond motifs is 2. The van der Waals surface area contributed by atoms with Crippen LogP contribution in [0.2, 0.25) is 0 Å². The van der Waals surface area contributed by atoms with Gasteiger partial charge in [-0.3, -0.25) is 0 Å². The molecular formula is C15H14N2O3. The van der Waals surface area contributed by atoms with Crippen molar-refractivity contribution < 1.29 is 14.2 Å². The van der Waals surface area contributed by atoms with E-state index in [0.717, 1.165) is 16.6 Å². The summed E-state index contributed by atoms with van der Waals surface area (Å²) in [7, 11) is 4.81. The van der Waals surface area contributed by atoms with Crippen molar-refractivity contribution in [3.8, 4) is 17.2 Å². The molecule has 0 bridgehead atoms. The molecule has 1 aromatic heterocycles. The molecular weight excluding hydrogens is 256 g/mol. The molecule has 0 amide bonds. The van der Waals surface area contributed by atoms with E-state index in [4.69, 9.17) is 14.2 Å². The average molecular weight is 270 g/mol. The first-order valence-electron chi connectivity index (χ1n) is 6.14. The average Bonchev–Trinajstić information content (AvgIpc) is 2.51. The maximum atomic E-state index is 5.40. The van der Waals surface area contributed by atoms with Crippen molar-refractivity contribution in [1.29, 1.82) is 0 Å². The van der Waals surface area contributed by atoms with Gasteiger partial charge in [0.25, 0.3) is 0 Å². The normalized spacial score (nSPS) is 10.8. The minimum atomic E-state index is 0.585. The maximum Gasteiger partial charge on any atom is 0.188 e.